The third-order valence-corrected chi connectivity index (χ3v) is 3.07. The van der Waals surface area contributed by atoms with Crippen molar-refractivity contribution in [1.29, 1.82) is 0 Å². The van der Waals surface area contributed by atoms with Crippen LogP contribution in [0.25, 0.3) is 0 Å². The van der Waals surface area contributed by atoms with Gasteiger partial charge in [-0.2, -0.15) is 13.2 Å². The minimum absolute atomic E-state index is 0.0714. The van der Waals surface area contributed by atoms with E-state index in [1.165, 1.54) is 4.90 Å². The van der Waals surface area contributed by atoms with Crippen molar-refractivity contribution in [2.75, 3.05) is 6.54 Å². The third-order valence-electron chi connectivity index (χ3n) is 2.60. The zero-order chi connectivity index (χ0) is 12.5. The highest BCUT2D eigenvalue weighted by molar-refractivity contribution is 9.10. The average Bonchev–Trinajstić information content (AvgIpc) is 3.01. The molecule has 0 N–H and O–H groups in total. The van der Waals surface area contributed by atoms with Crippen LogP contribution in [0.2, 0.25) is 0 Å². The molecule has 6 heteroatoms. The summed E-state index contributed by atoms with van der Waals surface area (Å²) in [5.41, 5.74) is 0.671. The minimum Gasteiger partial charge on any atom is -0.286 e. The van der Waals surface area contributed by atoms with Crippen LogP contribution in [0.5, 0.6) is 0 Å². The topological polar surface area (TPSA) is 16.1 Å². The Morgan fingerprint density at radius 1 is 1.35 bits per heavy atom. The molecule has 0 aromatic carbocycles. The molecule has 0 aliphatic heterocycles. The molecule has 0 amide bonds. The maximum Gasteiger partial charge on any atom is 0.401 e. The average molecular weight is 309 g/mol. The van der Waals surface area contributed by atoms with Crippen LogP contribution < -0.4 is 0 Å². The van der Waals surface area contributed by atoms with Gasteiger partial charge in [0.15, 0.2) is 0 Å². The molecular formula is C11H12BrF3N2. The molecule has 0 bridgehead atoms. The first-order valence-electron chi connectivity index (χ1n) is 5.35. The monoisotopic (exact) mass is 308 g/mol. The van der Waals surface area contributed by atoms with Crippen LogP contribution in [0, 0.1) is 0 Å². The van der Waals surface area contributed by atoms with Gasteiger partial charge in [-0.05, 0) is 40.9 Å². The maximum absolute atomic E-state index is 12.4. The van der Waals surface area contributed by atoms with Crippen molar-refractivity contribution < 1.29 is 13.2 Å². The Bertz CT molecular complexity index is 373. The Labute approximate surface area is 106 Å². The van der Waals surface area contributed by atoms with E-state index in [0.29, 0.717) is 5.69 Å². The number of pyridine rings is 1. The van der Waals surface area contributed by atoms with Crippen molar-refractivity contribution in [1.82, 2.24) is 9.88 Å². The molecule has 1 aromatic heterocycles. The molecular weight excluding hydrogens is 297 g/mol. The molecule has 1 aromatic rings. The van der Waals surface area contributed by atoms with Crippen molar-refractivity contribution in [3.05, 3.63) is 28.5 Å². The number of nitrogens with zero attached hydrogens (tertiary/aromatic N) is 2. The van der Waals surface area contributed by atoms with E-state index >= 15 is 0 Å². The van der Waals surface area contributed by atoms with Gasteiger partial charge in [0, 0.05) is 23.3 Å². The quantitative estimate of drug-likeness (QED) is 0.848. The van der Waals surface area contributed by atoms with Crippen molar-refractivity contribution in [3.8, 4) is 0 Å². The van der Waals surface area contributed by atoms with E-state index in [1.807, 2.05) is 0 Å². The second kappa shape index (κ2) is 4.94. The summed E-state index contributed by atoms with van der Waals surface area (Å²) in [7, 11) is 0. The van der Waals surface area contributed by atoms with E-state index in [1.54, 1.807) is 18.3 Å². The standard InChI is InChI=1S/C11H12BrF3N2/c12-8-1-2-9(16-5-8)6-17(10-3-4-10)7-11(13,14)15/h1-2,5,10H,3-4,6-7H2. The zero-order valence-electron chi connectivity index (χ0n) is 9.04. The lowest BCUT2D eigenvalue weighted by Crippen LogP contribution is -2.35. The van der Waals surface area contributed by atoms with Gasteiger partial charge in [0.05, 0.1) is 12.2 Å². The minimum atomic E-state index is -4.14. The predicted molar refractivity (Wildman–Crippen MR) is 61.4 cm³/mol. The number of hydrogen-bond donors (Lipinski definition) is 0. The molecule has 1 aliphatic rings. The first-order valence-corrected chi connectivity index (χ1v) is 6.14. The molecule has 1 aliphatic carbocycles. The number of halogens is 4. The van der Waals surface area contributed by atoms with Gasteiger partial charge < -0.3 is 0 Å². The summed E-state index contributed by atoms with van der Waals surface area (Å²) in [4.78, 5) is 5.56. The van der Waals surface area contributed by atoms with Gasteiger partial charge in [-0.3, -0.25) is 9.88 Å². The lowest BCUT2D eigenvalue weighted by molar-refractivity contribution is -0.148. The Balaban J connectivity index is 2.00. The Hall–Kier alpha value is -0.620. The molecule has 2 rings (SSSR count). The van der Waals surface area contributed by atoms with Crippen LogP contribution in [0.3, 0.4) is 0 Å². The fourth-order valence-electron chi connectivity index (χ4n) is 1.69. The molecule has 0 atom stereocenters. The van der Waals surface area contributed by atoms with E-state index in [9.17, 15) is 13.2 Å². The summed E-state index contributed by atoms with van der Waals surface area (Å²) < 4.78 is 38.0. The largest absolute Gasteiger partial charge is 0.401 e. The van der Waals surface area contributed by atoms with Crippen molar-refractivity contribution in [2.24, 2.45) is 0 Å². The first kappa shape index (κ1) is 12.8. The van der Waals surface area contributed by atoms with E-state index in [0.717, 1.165) is 17.3 Å². The van der Waals surface area contributed by atoms with Crippen molar-refractivity contribution in [2.45, 2.75) is 31.6 Å². The summed E-state index contributed by atoms with van der Waals surface area (Å²) in [5.74, 6) is 0. The molecule has 0 radical (unpaired) electrons. The van der Waals surface area contributed by atoms with Gasteiger partial charge in [-0.15, -0.1) is 0 Å². The summed E-state index contributed by atoms with van der Waals surface area (Å²) in [6, 6.07) is 3.61. The molecule has 0 unspecified atom stereocenters. The SMILES string of the molecule is FC(F)(F)CN(Cc1ccc(Br)cn1)C1CC1. The summed E-state index contributed by atoms with van der Waals surface area (Å²) in [6.07, 6.45) is -0.828. The molecule has 17 heavy (non-hydrogen) atoms. The molecule has 0 spiro atoms. The van der Waals surface area contributed by atoms with Gasteiger partial charge in [0.1, 0.15) is 0 Å². The van der Waals surface area contributed by atoms with Crippen LogP contribution in [0.15, 0.2) is 22.8 Å². The molecule has 1 saturated carbocycles. The maximum atomic E-state index is 12.4. The second-order valence-electron chi connectivity index (χ2n) is 4.22. The molecule has 2 nitrogen and oxygen atoms in total. The molecule has 0 saturated heterocycles. The van der Waals surface area contributed by atoms with Gasteiger partial charge in [-0.25, -0.2) is 0 Å². The van der Waals surface area contributed by atoms with Crippen LogP contribution in [-0.4, -0.2) is 28.6 Å². The van der Waals surface area contributed by atoms with E-state index in [-0.39, 0.29) is 12.6 Å². The zero-order valence-corrected chi connectivity index (χ0v) is 10.6. The summed E-state index contributed by atoms with van der Waals surface area (Å²) in [6.45, 7) is -0.590. The smallest absolute Gasteiger partial charge is 0.286 e. The second-order valence-corrected chi connectivity index (χ2v) is 5.13. The highest BCUT2D eigenvalue weighted by atomic mass is 79.9. The van der Waals surface area contributed by atoms with Crippen LogP contribution >= 0.6 is 15.9 Å². The normalized spacial score (nSPS) is 16.5. The fourth-order valence-corrected chi connectivity index (χ4v) is 1.93. The van der Waals surface area contributed by atoms with Gasteiger partial charge in [0.2, 0.25) is 0 Å². The number of rotatable bonds is 4. The van der Waals surface area contributed by atoms with E-state index in [4.69, 9.17) is 0 Å². The van der Waals surface area contributed by atoms with Gasteiger partial charge in [-0.1, -0.05) is 0 Å². The highest BCUT2D eigenvalue weighted by Gasteiger charge is 2.37. The van der Waals surface area contributed by atoms with E-state index < -0.39 is 12.7 Å². The predicted octanol–water partition coefficient (Wildman–Crippen LogP) is 3.37. The van der Waals surface area contributed by atoms with Crippen LogP contribution in [-0.2, 0) is 6.54 Å². The number of aromatic nitrogens is 1. The van der Waals surface area contributed by atoms with Crippen molar-refractivity contribution >= 4 is 15.9 Å². The molecule has 1 fully saturated rings. The van der Waals surface area contributed by atoms with Crippen LogP contribution in [0.1, 0.15) is 18.5 Å². The highest BCUT2D eigenvalue weighted by Crippen LogP contribution is 2.31. The third kappa shape index (κ3) is 4.27. The summed E-state index contributed by atoms with van der Waals surface area (Å²) in [5, 5.41) is 0. The van der Waals surface area contributed by atoms with Crippen molar-refractivity contribution in [3.63, 3.8) is 0 Å². The number of hydrogen-bond acceptors (Lipinski definition) is 2. The van der Waals surface area contributed by atoms with Gasteiger partial charge >= 0.3 is 6.18 Å². The summed E-state index contributed by atoms with van der Waals surface area (Å²) >= 11 is 3.25. The van der Waals surface area contributed by atoms with Gasteiger partial charge in [0.25, 0.3) is 0 Å². The van der Waals surface area contributed by atoms with Crippen LogP contribution in [0.4, 0.5) is 13.2 Å². The molecule has 1 heterocycles. The lowest BCUT2D eigenvalue weighted by atomic mass is 10.3. The Kier molecular flexibility index (Phi) is 3.73. The lowest BCUT2D eigenvalue weighted by Gasteiger charge is -2.22. The van der Waals surface area contributed by atoms with E-state index in [2.05, 4.69) is 20.9 Å². The Morgan fingerprint density at radius 2 is 2.06 bits per heavy atom. The Morgan fingerprint density at radius 3 is 2.53 bits per heavy atom. The number of alkyl halides is 3. The molecule has 94 valence electrons. The fraction of sp³-hybridized carbons (Fsp3) is 0.545. The first-order chi connectivity index (χ1) is 7.94.